The summed E-state index contributed by atoms with van der Waals surface area (Å²) < 4.78 is 19.4. The summed E-state index contributed by atoms with van der Waals surface area (Å²) in [6.07, 6.45) is 0. The van der Waals surface area contributed by atoms with Gasteiger partial charge in [-0.2, -0.15) is 0 Å². The maximum atomic E-state index is 13.6. The molecule has 0 spiro atoms. The predicted molar refractivity (Wildman–Crippen MR) is 133 cm³/mol. The number of methoxy groups -OCH3 is 3. The Labute approximate surface area is 203 Å². The number of benzene rings is 1. The molecule has 9 heteroatoms. The van der Waals surface area contributed by atoms with Crippen molar-refractivity contribution in [2.75, 3.05) is 21.3 Å². The first kappa shape index (κ1) is 25.7. The first-order chi connectivity index (χ1) is 16.6. The molecule has 0 aliphatic heterocycles. The van der Waals surface area contributed by atoms with Crippen molar-refractivity contribution >= 4 is 0 Å². The smallest absolute Gasteiger partial charge is 0.258 e. The molecule has 3 rings (SSSR count). The summed E-state index contributed by atoms with van der Waals surface area (Å²) in [5, 5.41) is 22.0. The molecule has 2 heterocycles. The number of aromatic hydroxyl groups is 2. The van der Waals surface area contributed by atoms with Gasteiger partial charge in [-0.15, -0.1) is 0 Å². The maximum Gasteiger partial charge on any atom is 0.258 e. The highest BCUT2D eigenvalue weighted by molar-refractivity contribution is 5.59. The summed E-state index contributed by atoms with van der Waals surface area (Å²) in [4.78, 5) is 27.3. The van der Waals surface area contributed by atoms with E-state index in [1.54, 1.807) is 26.0 Å². The van der Waals surface area contributed by atoms with E-state index in [4.69, 9.17) is 14.2 Å². The predicted octanol–water partition coefficient (Wildman–Crippen LogP) is 3.28. The number of nitrogens with zero attached hydrogens (tertiary/aromatic N) is 2. The van der Waals surface area contributed by atoms with Gasteiger partial charge in [-0.25, -0.2) is 0 Å². The van der Waals surface area contributed by atoms with Crippen LogP contribution in [0.25, 0.3) is 0 Å². The topological polar surface area (TPSA) is 112 Å². The third-order valence-electron chi connectivity index (χ3n) is 6.28. The summed E-state index contributed by atoms with van der Waals surface area (Å²) in [7, 11) is 4.38. The second-order valence-corrected chi connectivity index (χ2v) is 8.16. The Bertz CT molecular complexity index is 1270. The lowest BCUT2D eigenvalue weighted by Crippen LogP contribution is -2.32. The molecule has 0 saturated carbocycles. The van der Waals surface area contributed by atoms with E-state index in [0.29, 0.717) is 47.3 Å². The minimum atomic E-state index is -1.12. The normalized spacial score (nSPS) is 11.1. The Morgan fingerprint density at radius 1 is 0.743 bits per heavy atom. The Morgan fingerprint density at radius 3 is 1.46 bits per heavy atom. The third kappa shape index (κ3) is 4.34. The molecule has 188 valence electrons. The van der Waals surface area contributed by atoms with Crippen LogP contribution in [0.1, 0.15) is 47.8 Å². The lowest BCUT2D eigenvalue weighted by atomic mass is 9.84. The Balaban J connectivity index is 2.55. The Morgan fingerprint density at radius 2 is 1.14 bits per heavy atom. The van der Waals surface area contributed by atoms with Gasteiger partial charge in [-0.1, -0.05) is 0 Å². The molecule has 0 radical (unpaired) electrons. The number of ether oxygens (including phenoxy) is 3. The van der Waals surface area contributed by atoms with Crippen LogP contribution in [0.4, 0.5) is 0 Å². The van der Waals surface area contributed by atoms with Crippen LogP contribution in [0.3, 0.4) is 0 Å². The van der Waals surface area contributed by atoms with Crippen LogP contribution >= 0.6 is 0 Å². The van der Waals surface area contributed by atoms with E-state index in [2.05, 4.69) is 0 Å². The molecule has 0 saturated heterocycles. The van der Waals surface area contributed by atoms with E-state index in [9.17, 15) is 19.8 Å². The number of pyridine rings is 2. The number of aromatic nitrogens is 2. The fraction of sp³-hybridized carbons (Fsp3) is 0.385. The van der Waals surface area contributed by atoms with Crippen LogP contribution < -0.4 is 25.3 Å². The van der Waals surface area contributed by atoms with Crippen molar-refractivity contribution in [3.05, 3.63) is 73.1 Å². The van der Waals surface area contributed by atoms with Crippen molar-refractivity contribution in [1.29, 1.82) is 0 Å². The number of rotatable bonds is 8. The fourth-order valence-electron chi connectivity index (χ4n) is 4.61. The van der Waals surface area contributed by atoms with Crippen molar-refractivity contribution < 1.29 is 24.4 Å². The molecular weight excluding hydrogens is 452 g/mol. The molecular formula is C26H32N2O7. The van der Waals surface area contributed by atoms with E-state index in [-0.39, 0.29) is 22.6 Å². The van der Waals surface area contributed by atoms with Gasteiger partial charge >= 0.3 is 0 Å². The highest BCUT2D eigenvalue weighted by Gasteiger charge is 2.32. The molecule has 0 aliphatic carbocycles. The van der Waals surface area contributed by atoms with E-state index in [1.807, 2.05) is 13.8 Å². The number of aryl methyl sites for hydroxylation is 2. The zero-order chi connectivity index (χ0) is 26.0. The average Bonchev–Trinajstić information content (AvgIpc) is 2.82. The van der Waals surface area contributed by atoms with Crippen molar-refractivity contribution in [2.24, 2.45) is 0 Å². The van der Waals surface area contributed by atoms with Gasteiger partial charge in [0.15, 0.2) is 11.5 Å². The van der Waals surface area contributed by atoms with Crippen molar-refractivity contribution in [1.82, 2.24) is 9.13 Å². The summed E-state index contributed by atoms with van der Waals surface area (Å²) in [5.41, 5.74) is 0.536. The molecule has 0 bridgehead atoms. The van der Waals surface area contributed by atoms with Gasteiger partial charge in [0.05, 0.1) is 38.4 Å². The van der Waals surface area contributed by atoms with Crippen LogP contribution in [0, 0.1) is 13.8 Å². The minimum Gasteiger partial charge on any atom is -0.507 e. The Hall–Kier alpha value is -3.88. The summed E-state index contributed by atoms with van der Waals surface area (Å²) in [6, 6.07) is 6.18. The first-order valence-corrected chi connectivity index (χ1v) is 11.3. The second-order valence-electron chi connectivity index (χ2n) is 8.16. The van der Waals surface area contributed by atoms with Crippen molar-refractivity contribution in [2.45, 2.75) is 46.7 Å². The standard InChI is InChI=1S/C26H32N2O7/c1-8-27-14(3)10-17(29)22(25(27)31)21(23-18(30)11-15(4)28(9-2)26(23)32)16-12-19(33-5)24(35-7)20(13-16)34-6/h10-13,21,29-30H,8-9H2,1-7H3. The van der Waals surface area contributed by atoms with E-state index >= 15 is 0 Å². The van der Waals surface area contributed by atoms with Gasteiger partial charge in [0, 0.05) is 24.5 Å². The largest absolute Gasteiger partial charge is 0.507 e. The molecule has 2 N–H and O–H groups in total. The lowest BCUT2D eigenvalue weighted by molar-refractivity contribution is 0.323. The van der Waals surface area contributed by atoms with Crippen molar-refractivity contribution in [3.8, 4) is 28.7 Å². The molecule has 35 heavy (non-hydrogen) atoms. The first-order valence-electron chi connectivity index (χ1n) is 11.3. The van der Waals surface area contributed by atoms with Crippen LogP contribution in [-0.2, 0) is 13.1 Å². The van der Waals surface area contributed by atoms with Gasteiger partial charge in [0.1, 0.15) is 11.5 Å². The van der Waals surface area contributed by atoms with Gasteiger partial charge in [0.2, 0.25) is 5.75 Å². The number of hydrogen-bond donors (Lipinski definition) is 2. The zero-order valence-corrected chi connectivity index (χ0v) is 21.1. The molecule has 2 aromatic heterocycles. The van der Waals surface area contributed by atoms with Gasteiger partial charge < -0.3 is 33.6 Å². The van der Waals surface area contributed by atoms with E-state index in [1.165, 1.54) is 42.6 Å². The number of hydrogen-bond acceptors (Lipinski definition) is 7. The van der Waals surface area contributed by atoms with E-state index in [0.717, 1.165) is 0 Å². The maximum absolute atomic E-state index is 13.6. The van der Waals surface area contributed by atoms with Crippen LogP contribution in [-0.4, -0.2) is 40.7 Å². The molecule has 0 unspecified atom stereocenters. The Kier molecular flexibility index (Phi) is 7.48. The van der Waals surface area contributed by atoms with Gasteiger partial charge in [-0.3, -0.25) is 9.59 Å². The van der Waals surface area contributed by atoms with Gasteiger partial charge in [-0.05, 0) is 57.5 Å². The van der Waals surface area contributed by atoms with Crippen LogP contribution in [0.2, 0.25) is 0 Å². The molecule has 0 amide bonds. The minimum absolute atomic E-state index is 0.0365. The highest BCUT2D eigenvalue weighted by Crippen LogP contribution is 2.44. The molecule has 9 nitrogen and oxygen atoms in total. The molecule has 3 aromatic rings. The molecule has 1 aromatic carbocycles. The molecule has 0 aliphatic rings. The van der Waals surface area contributed by atoms with Crippen LogP contribution in [0.5, 0.6) is 28.7 Å². The molecule has 0 fully saturated rings. The molecule has 0 atom stereocenters. The third-order valence-corrected chi connectivity index (χ3v) is 6.28. The van der Waals surface area contributed by atoms with Crippen LogP contribution in [0.15, 0.2) is 33.9 Å². The monoisotopic (exact) mass is 484 g/mol. The second kappa shape index (κ2) is 10.2. The summed E-state index contributed by atoms with van der Waals surface area (Å²) in [5.74, 6) is -0.749. The van der Waals surface area contributed by atoms with Gasteiger partial charge in [0.25, 0.3) is 11.1 Å². The zero-order valence-electron chi connectivity index (χ0n) is 21.1. The summed E-state index contributed by atoms with van der Waals surface area (Å²) in [6.45, 7) is 7.79. The SMILES string of the molecule is CCn1c(C)cc(O)c(C(c2cc(OC)c(OC)c(OC)c2)c2c(O)cc(C)n(CC)c2=O)c1=O. The quantitative estimate of drug-likeness (QED) is 0.505. The fourth-order valence-corrected chi connectivity index (χ4v) is 4.61. The lowest BCUT2D eigenvalue weighted by Gasteiger charge is -2.24. The van der Waals surface area contributed by atoms with Crippen molar-refractivity contribution in [3.63, 3.8) is 0 Å². The average molecular weight is 485 g/mol. The summed E-state index contributed by atoms with van der Waals surface area (Å²) >= 11 is 0. The van der Waals surface area contributed by atoms with E-state index < -0.39 is 17.0 Å². The highest BCUT2D eigenvalue weighted by atomic mass is 16.5.